The van der Waals surface area contributed by atoms with Crippen LogP contribution in [0.4, 0.5) is 0 Å². The van der Waals surface area contributed by atoms with E-state index >= 15 is 0 Å². The molecule has 0 atom stereocenters. The molecule has 2 nitrogen and oxygen atoms in total. The van der Waals surface area contributed by atoms with Crippen LogP contribution >= 0.6 is 0 Å². The van der Waals surface area contributed by atoms with Crippen LogP contribution in [-0.4, -0.2) is 17.9 Å². The van der Waals surface area contributed by atoms with Gasteiger partial charge in [-0.1, -0.05) is 6.92 Å². The zero-order valence-electron chi connectivity index (χ0n) is 7.32. The van der Waals surface area contributed by atoms with Gasteiger partial charge >= 0.3 is 0 Å². The smallest absolute Gasteiger partial charge is 0.131 e. The zero-order valence-corrected chi connectivity index (χ0v) is 7.32. The lowest BCUT2D eigenvalue weighted by Crippen LogP contribution is -2.40. The van der Waals surface area contributed by atoms with E-state index in [0.29, 0.717) is 6.42 Å². The summed E-state index contributed by atoms with van der Waals surface area (Å²) in [5.74, 6) is 0.242. The van der Waals surface area contributed by atoms with Crippen LogP contribution in [0.1, 0.15) is 34.1 Å². The van der Waals surface area contributed by atoms with Crippen molar-refractivity contribution in [1.82, 2.24) is 5.32 Å². The average molecular weight is 143 g/mol. The van der Waals surface area contributed by atoms with E-state index in [4.69, 9.17) is 0 Å². The lowest BCUT2D eigenvalue weighted by atomic mass is 9.98. The third-order valence-electron chi connectivity index (χ3n) is 1.35. The Hall–Kier alpha value is -0.370. The third-order valence-corrected chi connectivity index (χ3v) is 1.35. The summed E-state index contributed by atoms with van der Waals surface area (Å²) >= 11 is 0. The summed E-state index contributed by atoms with van der Waals surface area (Å²) in [6.07, 6.45) is 0.612. The number of hydrogen-bond acceptors (Lipinski definition) is 2. The van der Waals surface area contributed by atoms with Crippen molar-refractivity contribution in [2.75, 3.05) is 6.54 Å². The van der Waals surface area contributed by atoms with Crippen LogP contribution in [0, 0.1) is 0 Å². The third kappa shape index (κ3) is 4.50. The molecule has 0 saturated carbocycles. The molecule has 60 valence electrons. The lowest BCUT2D eigenvalue weighted by molar-refractivity contribution is -0.118. The van der Waals surface area contributed by atoms with Crippen LogP contribution in [0.25, 0.3) is 0 Å². The highest BCUT2D eigenvalue weighted by Gasteiger charge is 2.17. The number of nitrogens with one attached hydrogen (secondary N) is 1. The topological polar surface area (TPSA) is 29.1 Å². The Kier molecular flexibility index (Phi) is 3.58. The molecule has 10 heavy (non-hydrogen) atoms. The molecule has 0 aromatic carbocycles. The quantitative estimate of drug-likeness (QED) is 0.643. The first kappa shape index (κ1) is 9.63. The summed E-state index contributed by atoms with van der Waals surface area (Å²) in [5.41, 5.74) is -0.0272. The normalized spacial score (nSPS) is 11.6. The minimum atomic E-state index is -0.0272. The standard InChI is InChI=1S/C8H17NO/c1-5-9-8(3,4)6-7(2)10/h9H,5-6H2,1-4H3. The fourth-order valence-electron chi connectivity index (χ4n) is 1.16. The first-order chi connectivity index (χ1) is 4.48. The van der Waals surface area contributed by atoms with E-state index in [2.05, 4.69) is 5.32 Å². The number of hydrogen-bond donors (Lipinski definition) is 1. The molecular formula is C8H17NO. The Morgan fingerprint density at radius 2 is 2.00 bits per heavy atom. The Morgan fingerprint density at radius 3 is 2.30 bits per heavy atom. The molecule has 0 aliphatic carbocycles. The van der Waals surface area contributed by atoms with Gasteiger partial charge in [0.1, 0.15) is 5.78 Å². The molecule has 0 heterocycles. The fourth-order valence-corrected chi connectivity index (χ4v) is 1.16. The highest BCUT2D eigenvalue weighted by Crippen LogP contribution is 2.07. The monoisotopic (exact) mass is 143 g/mol. The largest absolute Gasteiger partial charge is 0.312 e. The molecule has 0 bridgehead atoms. The summed E-state index contributed by atoms with van der Waals surface area (Å²) < 4.78 is 0. The second-order valence-corrected chi connectivity index (χ2v) is 3.29. The number of ketones is 1. The second kappa shape index (κ2) is 3.71. The van der Waals surface area contributed by atoms with E-state index in [1.807, 2.05) is 20.8 Å². The zero-order chi connectivity index (χ0) is 8.20. The molecular weight excluding hydrogens is 126 g/mol. The van der Waals surface area contributed by atoms with E-state index in [9.17, 15) is 4.79 Å². The number of Topliss-reactive ketones (excluding diaryl/α,β-unsaturated/α-hetero) is 1. The predicted octanol–water partition coefficient (Wildman–Crippen LogP) is 1.35. The second-order valence-electron chi connectivity index (χ2n) is 3.29. The highest BCUT2D eigenvalue weighted by atomic mass is 16.1. The van der Waals surface area contributed by atoms with Gasteiger partial charge in [0.05, 0.1) is 0 Å². The SMILES string of the molecule is CCNC(C)(C)CC(C)=O. The molecule has 0 aliphatic heterocycles. The van der Waals surface area contributed by atoms with Crippen LogP contribution < -0.4 is 5.32 Å². The Labute approximate surface area is 63.0 Å². The van der Waals surface area contributed by atoms with Crippen molar-refractivity contribution in [2.45, 2.75) is 39.7 Å². The van der Waals surface area contributed by atoms with Gasteiger partial charge in [-0.3, -0.25) is 4.79 Å². The first-order valence-corrected chi connectivity index (χ1v) is 3.72. The molecule has 0 saturated heterocycles. The summed E-state index contributed by atoms with van der Waals surface area (Å²) in [6.45, 7) is 8.66. The lowest BCUT2D eigenvalue weighted by Gasteiger charge is -2.23. The molecule has 0 radical (unpaired) electrons. The molecule has 0 aromatic rings. The van der Waals surface area contributed by atoms with Gasteiger partial charge in [-0.15, -0.1) is 0 Å². The van der Waals surface area contributed by atoms with E-state index < -0.39 is 0 Å². The van der Waals surface area contributed by atoms with Gasteiger partial charge in [-0.05, 0) is 27.3 Å². The van der Waals surface area contributed by atoms with Gasteiger partial charge in [-0.25, -0.2) is 0 Å². The van der Waals surface area contributed by atoms with Crippen molar-refractivity contribution in [1.29, 1.82) is 0 Å². The maximum absolute atomic E-state index is 10.7. The van der Waals surface area contributed by atoms with Crippen LogP contribution in [0.5, 0.6) is 0 Å². The van der Waals surface area contributed by atoms with Gasteiger partial charge in [0.25, 0.3) is 0 Å². The van der Waals surface area contributed by atoms with Crippen LogP contribution in [-0.2, 0) is 4.79 Å². The van der Waals surface area contributed by atoms with Crippen molar-refractivity contribution in [3.63, 3.8) is 0 Å². The van der Waals surface area contributed by atoms with Crippen molar-refractivity contribution >= 4 is 5.78 Å². The van der Waals surface area contributed by atoms with Crippen LogP contribution in [0.15, 0.2) is 0 Å². The predicted molar refractivity (Wildman–Crippen MR) is 43.1 cm³/mol. The summed E-state index contributed by atoms with van der Waals surface area (Å²) in [4.78, 5) is 10.7. The maximum Gasteiger partial charge on any atom is 0.131 e. The molecule has 0 aliphatic rings. The molecule has 2 heteroatoms. The van der Waals surface area contributed by atoms with Crippen LogP contribution in [0.3, 0.4) is 0 Å². The molecule has 1 N–H and O–H groups in total. The number of carbonyl (C=O) groups is 1. The van der Waals surface area contributed by atoms with Crippen LogP contribution in [0.2, 0.25) is 0 Å². The summed E-state index contributed by atoms with van der Waals surface area (Å²) in [6, 6.07) is 0. The molecule has 0 aromatic heterocycles. The first-order valence-electron chi connectivity index (χ1n) is 3.72. The van der Waals surface area contributed by atoms with Crippen molar-refractivity contribution in [3.8, 4) is 0 Å². The van der Waals surface area contributed by atoms with E-state index in [0.717, 1.165) is 6.54 Å². The van der Waals surface area contributed by atoms with E-state index in [1.54, 1.807) is 6.92 Å². The van der Waals surface area contributed by atoms with Gasteiger partial charge < -0.3 is 5.32 Å². The minimum Gasteiger partial charge on any atom is -0.312 e. The Bertz CT molecular complexity index is 118. The number of rotatable bonds is 4. The number of carbonyl (C=O) groups excluding carboxylic acids is 1. The van der Waals surface area contributed by atoms with Gasteiger partial charge in [0.2, 0.25) is 0 Å². The van der Waals surface area contributed by atoms with E-state index in [-0.39, 0.29) is 11.3 Å². The van der Waals surface area contributed by atoms with Crippen molar-refractivity contribution < 1.29 is 4.79 Å². The molecule has 0 spiro atoms. The maximum atomic E-state index is 10.7. The molecule has 0 unspecified atom stereocenters. The van der Waals surface area contributed by atoms with E-state index in [1.165, 1.54) is 0 Å². The highest BCUT2D eigenvalue weighted by molar-refractivity contribution is 5.76. The minimum absolute atomic E-state index is 0.0272. The Balaban J connectivity index is 3.74. The summed E-state index contributed by atoms with van der Waals surface area (Å²) in [7, 11) is 0. The van der Waals surface area contributed by atoms with Gasteiger partial charge in [-0.2, -0.15) is 0 Å². The van der Waals surface area contributed by atoms with Crippen molar-refractivity contribution in [2.24, 2.45) is 0 Å². The summed E-state index contributed by atoms with van der Waals surface area (Å²) in [5, 5.41) is 3.23. The fraction of sp³-hybridized carbons (Fsp3) is 0.875. The van der Waals surface area contributed by atoms with Crippen molar-refractivity contribution in [3.05, 3.63) is 0 Å². The Morgan fingerprint density at radius 1 is 1.50 bits per heavy atom. The van der Waals surface area contributed by atoms with Gasteiger partial charge in [0, 0.05) is 12.0 Å². The molecule has 0 amide bonds. The van der Waals surface area contributed by atoms with Gasteiger partial charge in [0.15, 0.2) is 0 Å². The average Bonchev–Trinajstić information content (AvgIpc) is 1.59. The molecule has 0 fully saturated rings. The molecule has 0 rings (SSSR count).